The summed E-state index contributed by atoms with van der Waals surface area (Å²) < 4.78 is 16.2. The Bertz CT molecular complexity index is 683. The van der Waals surface area contributed by atoms with Crippen LogP contribution in [0, 0.1) is 0 Å². The molecule has 0 aliphatic carbocycles. The van der Waals surface area contributed by atoms with Crippen molar-refractivity contribution in [2.24, 2.45) is 0 Å². The van der Waals surface area contributed by atoms with Gasteiger partial charge in [-0.25, -0.2) is 0 Å². The molecule has 282 valence electrons. The second-order valence-electron chi connectivity index (χ2n) is 14.2. The number of cyclic esters (lactones) is 3. The number of carbonyl (C=O) groups is 3. The van der Waals surface area contributed by atoms with Gasteiger partial charge in [0.25, 0.3) is 0 Å². The number of hydrogen-bond donors (Lipinski definition) is 3. The minimum Gasteiger partial charge on any atom is -0.464 e. The Hall–Kier alpha value is -1.71. The molecule has 3 atom stereocenters. The molecule has 9 nitrogen and oxygen atoms in total. The number of ether oxygens (including phenoxy) is 3. The summed E-state index contributed by atoms with van der Waals surface area (Å²) in [5, 5.41) is 10.4. The zero-order chi connectivity index (χ0) is 34.9. The van der Waals surface area contributed by atoms with Crippen LogP contribution in [0.15, 0.2) is 0 Å². The summed E-state index contributed by atoms with van der Waals surface area (Å²) in [6.07, 6.45) is 25.2. The Balaban J connectivity index is 2.26. The standard InChI is InChI=1S/C39H75N3O6/c1-34-22-16-10-4-7-13-19-26-38(44)47-32-29-41-36(3)24-18-12-6-9-15-21-27-39(45)48-33-30-42-35(2)23-17-11-5-8-14-20-25-37(43)46-31-28-40-34/h34-36,40-42H,4-33H2,1-3H3/t34-,35-,36?/m0/s1. The van der Waals surface area contributed by atoms with Crippen LogP contribution in [-0.4, -0.2) is 75.5 Å². The molecule has 9 heteroatoms. The Labute approximate surface area is 294 Å². The van der Waals surface area contributed by atoms with E-state index in [9.17, 15) is 14.4 Å². The number of carbonyl (C=O) groups excluding carboxylic acids is 3. The van der Waals surface area contributed by atoms with Crippen LogP contribution >= 0.6 is 0 Å². The zero-order valence-corrected chi connectivity index (χ0v) is 31.4. The van der Waals surface area contributed by atoms with Gasteiger partial charge in [-0.05, 0) is 59.3 Å². The van der Waals surface area contributed by atoms with E-state index in [1.165, 1.54) is 57.8 Å². The Morgan fingerprint density at radius 3 is 0.875 bits per heavy atom. The van der Waals surface area contributed by atoms with E-state index in [2.05, 4.69) is 36.7 Å². The molecule has 0 aromatic heterocycles. The minimum atomic E-state index is -0.0826. The third-order valence-electron chi connectivity index (χ3n) is 9.38. The molecule has 1 aliphatic rings. The quantitative estimate of drug-likeness (QED) is 0.173. The first-order valence-electron chi connectivity index (χ1n) is 20.0. The van der Waals surface area contributed by atoms with E-state index < -0.39 is 0 Å². The summed E-state index contributed by atoms with van der Waals surface area (Å²) in [6.45, 7) is 10.0. The van der Waals surface area contributed by atoms with E-state index in [1.807, 2.05) is 0 Å². The van der Waals surface area contributed by atoms with E-state index in [-0.39, 0.29) is 17.9 Å². The zero-order valence-electron chi connectivity index (χ0n) is 31.4. The second-order valence-corrected chi connectivity index (χ2v) is 14.2. The van der Waals surface area contributed by atoms with Gasteiger partial charge in [-0.1, -0.05) is 96.3 Å². The van der Waals surface area contributed by atoms with Crippen molar-refractivity contribution in [2.75, 3.05) is 39.5 Å². The first-order chi connectivity index (χ1) is 23.4. The normalized spacial score (nSPS) is 26.8. The minimum absolute atomic E-state index is 0.0826. The van der Waals surface area contributed by atoms with E-state index in [0.29, 0.717) is 76.8 Å². The van der Waals surface area contributed by atoms with Crippen LogP contribution in [0.25, 0.3) is 0 Å². The van der Waals surface area contributed by atoms with Crippen molar-refractivity contribution in [3.8, 4) is 0 Å². The average molecular weight is 682 g/mol. The van der Waals surface area contributed by atoms with Crippen molar-refractivity contribution in [2.45, 2.75) is 193 Å². The van der Waals surface area contributed by atoms with Gasteiger partial charge in [-0.3, -0.25) is 14.4 Å². The van der Waals surface area contributed by atoms with Gasteiger partial charge >= 0.3 is 17.9 Å². The van der Waals surface area contributed by atoms with Gasteiger partial charge in [0, 0.05) is 57.0 Å². The molecule has 1 fully saturated rings. The summed E-state index contributed by atoms with van der Waals surface area (Å²) in [6, 6.07) is 1.26. The molecular formula is C39H75N3O6. The van der Waals surface area contributed by atoms with Crippen molar-refractivity contribution in [1.82, 2.24) is 16.0 Å². The van der Waals surface area contributed by atoms with Crippen LogP contribution < -0.4 is 16.0 Å². The summed E-state index contributed by atoms with van der Waals surface area (Å²) in [5.74, 6) is -0.248. The van der Waals surface area contributed by atoms with Gasteiger partial charge in [-0.15, -0.1) is 0 Å². The molecule has 0 bridgehead atoms. The molecule has 1 saturated heterocycles. The van der Waals surface area contributed by atoms with E-state index in [1.54, 1.807) is 0 Å². The summed E-state index contributed by atoms with van der Waals surface area (Å²) in [7, 11) is 0. The van der Waals surface area contributed by atoms with Crippen molar-refractivity contribution < 1.29 is 28.6 Å². The fraction of sp³-hybridized carbons (Fsp3) is 0.923. The predicted molar refractivity (Wildman–Crippen MR) is 196 cm³/mol. The van der Waals surface area contributed by atoms with E-state index in [4.69, 9.17) is 14.2 Å². The SMILES string of the molecule is CC1CCCCCCCCC(=O)OCCN[C@@H](C)CCCCCCCCC(=O)OCCN[C@@H](C)CCCCCCCCC(=O)OCCN1. The summed E-state index contributed by atoms with van der Waals surface area (Å²) >= 11 is 0. The lowest BCUT2D eigenvalue weighted by atomic mass is 10.1. The molecule has 1 rings (SSSR count). The topological polar surface area (TPSA) is 115 Å². The van der Waals surface area contributed by atoms with Gasteiger partial charge in [0.2, 0.25) is 0 Å². The molecule has 0 aromatic carbocycles. The molecule has 0 aromatic rings. The van der Waals surface area contributed by atoms with Gasteiger partial charge in [0.1, 0.15) is 19.8 Å². The molecule has 0 amide bonds. The third kappa shape index (κ3) is 30.4. The molecule has 3 N–H and O–H groups in total. The van der Waals surface area contributed by atoms with Crippen LogP contribution in [0.2, 0.25) is 0 Å². The lowest BCUT2D eigenvalue weighted by molar-refractivity contribution is -0.144. The molecular weight excluding hydrogens is 606 g/mol. The van der Waals surface area contributed by atoms with Gasteiger partial charge in [0.05, 0.1) is 0 Å². The van der Waals surface area contributed by atoms with Crippen LogP contribution in [0.1, 0.15) is 175 Å². The fourth-order valence-electron chi connectivity index (χ4n) is 6.21. The third-order valence-corrected chi connectivity index (χ3v) is 9.38. The maximum absolute atomic E-state index is 12.1. The highest BCUT2D eigenvalue weighted by Crippen LogP contribution is 2.13. The number of rotatable bonds is 0. The number of esters is 3. The van der Waals surface area contributed by atoms with E-state index >= 15 is 0 Å². The van der Waals surface area contributed by atoms with Crippen molar-refractivity contribution in [3.05, 3.63) is 0 Å². The molecule has 1 heterocycles. The highest BCUT2D eigenvalue weighted by Gasteiger charge is 2.08. The first-order valence-corrected chi connectivity index (χ1v) is 20.0. The van der Waals surface area contributed by atoms with E-state index in [0.717, 1.165) is 77.0 Å². The summed E-state index contributed by atoms with van der Waals surface area (Å²) in [5.41, 5.74) is 0. The molecule has 0 saturated carbocycles. The molecule has 0 spiro atoms. The number of hydrogen-bond acceptors (Lipinski definition) is 9. The highest BCUT2D eigenvalue weighted by atomic mass is 16.5. The number of nitrogens with one attached hydrogen (secondary N) is 3. The molecule has 1 unspecified atom stereocenters. The molecule has 48 heavy (non-hydrogen) atoms. The lowest BCUT2D eigenvalue weighted by Crippen LogP contribution is -2.30. The van der Waals surface area contributed by atoms with Crippen LogP contribution in [-0.2, 0) is 28.6 Å². The summed E-state index contributed by atoms with van der Waals surface area (Å²) in [4.78, 5) is 36.2. The van der Waals surface area contributed by atoms with Crippen LogP contribution in [0.5, 0.6) is 0 Å². The smallest absolute Gasteiger partial charge is 0.305 e. The predicted octanol–water partition coefficient (Wildman–Crippen LogP) is 7.93. The lowest BCUT2D eigenvalue weighted by Gasteiger charge is -2.14. The second kappa shape index (κ2) is 32.5. The maximum atomic E-state index is 12.1. The largest absolute Gasteiger partial charge is 0.464 e. The van der Waals surface area contributed by atoms with Gasteiger partial charge < -0.3 is 30.2 Å². The van der Waals surface area contributed by atoms with Gasteiger partial charge in [0.15, 0.2) is 0 Å². The molecule has 0 radical (unpaired) electrons. The van der Waals surface area contributed by atoms with Crippen molar-refractivity contribution >= 4 is 17.9 Å². The fourth-order valence-corrected chi connectivity index (χ4v) is 6.21. The monoisotopic (exact) mass is 682 g/mol. The Kier molecular flexibility index (Phi) is 30.0. The highest BCUT2D eigenvalue weighted by molar-refractivity contribution is 5.69. The van der Waals surface area contributed by atoms with Crippen molar-refractivity contribution in [1.29, 1.82) is 0 Å². The molecule has 1 aliphatic heterocycles. The first kappa shape index (κ1) is 44.3. The average Bonchev–Trinajstić information content (AvgIpc) is 3.06. The van der Waals surface area contributed by atoms with Crippen LogP contribution in [0.3, 0.4) is 0 Å². The maximum Gasteiger partial charge on any atom is 0.305 e. The Morgan fingerprint density at radius 1 is 0.375 bits per heavy atom. The van der Waals surface area contributed by atoms with Gasteiger partial charge in [-0.2, -0.15) is 0 Å². The van der Waals surface area contributed by atoms with Crippen molar-refractivity contribution in [3.63, 3.8) is 0 Å². The Morgan fingerprint density at radius 2 is 0.604 bits per heavy atom. The van der Waals surface area contributed by atoms with Crippen LogP contribution in [0.4, 0.5) is 0 Å².